The molecule has 0 N–H and O–H groups in total. The summed E-state index contributed by atoms with van der Waals surface area (Å²) >= 11 is 0. The van der Waals surface area contributed by atoms with Gasteiger partial charge in [-0.1, -0.05) is 0 Å². The fourth-order valence-electron chi connectivity index (χ4n) is 6.48. The van der Waals surface area contributed by atoms with Gasteiger partial charge in [0.1, 0.15) is 58.4 Å². The third kappa shape index (κ3) is 7.62. The molecule has 1 heterocycles. The third-order valence-corrected chi connectivity index (χ3v) is 9.06. The van der Waals surface area contributed by atoms with E-state index in [2.05, 4.69) is 21.7 Å². The third-order valence-electron chi connectivity index (χ3n) is 9.06. The Morgan fingerprint density at radius 2 is 0.645 bits per heavy atom. The molecule has 0 radical (unpaired) electrons. The van der Waals surface area contributed by atoms with Gasteiger partial charge in [0, 0.05) is 5.56 Å². The van der Waals surface area contributed by atoms with Gasteiger partial charge in [-0.3, -0.25) is 4.98 Å². The molecular formula is C38H17BF20N2O. The molecule has 0 saturated carbocycles. The average molecular weight is 908 g/mol. The number of hydrogen-bond donors (Lipinski definition) is 0. The molecule has 1 aromatic heterocycles. The highest BCUT2D eigenvalue weighted by Crippen LogP contribution is 2.31. The van der Waals surface area contributed by atoms with Crippen LogP contribution in [0.5, 0.6) is 5.75 Å². The van der Waals surface area contributed by atoms with Crippen molar-refractivity contribution in [3.8, 4) is 5.75 Å². The van der Waals surface area contributed by atoms with Gasteiger partial charge in [0.2, 0.25) is 0 Å². The Morgan fingerprint density at radius 1 is 0.403 bits per heavy atom. The molecule has 328 valence electrons. The first-order chi connectivity index (χ1) is 28.9. The highest BCUT2D eigenvalue weighted by Gasteiger charge is 2.52. The van der Waals surface area contributed by atoms with Crippen LogP contribution >= 0.6 is 0 Å². The summed E-state index contributed by atoms with van der Waals surface area (Å²) in [6.07, 6.45) is 0.491. The van der Waals surface area contributed by atoms with Crippen molar-refractivity contribution in [2.45, 2.75) is 26.5 Å². The average Bonchev–Trinajstić information content (AvgIpc) is 3.24. The minimum atomic E-state index is -7.22. The topological polar surface area (TPSA) is 26.0 Å². The number of halogens is 20. The lowest BCUT2D eigenvalue weighted by molar-refractivity contribution is -0.688. The van der Waals surface area contributed by atoms with Crippen LogP contribution in [-0.2, 0) is 6.54 Å². The van der Waals surface area contributed by atoms with Crippen molar-refractivity contribution in [1.29, 1.82) is 0 Å². The lowest BCUT2D eigenvalue weighted by atomic mass is 9.12. The molecular weight excluding hydrogens is 891 g/mol. The summed E-state index contributed by atoms with van der Waals surface area (Å²) in [5.74, 6) is -70.5. The molecule has 0 saturated heterocycles. The van der Waals surface area contributed by atoms with Crippen LogP contribution in [0.2, 0.25) is 0 Å². The molecule has 3 nitrogen and oxygen atoms in total. The van der Waals surface area contributed by atoms with Crippen molar-refractivity contribution in [2.75, 3.05) is 0 Å². The van der Waals surface area contributed by atoms with E-state index in [9.17, 15) is 52.7 Å². The van der Waals surface area contributed by atoms with Gasteiger partial charge in [-0.25, -0.2) is 87.8 Å². The summed E-state index contributed by atoms with van der Waals surface area (Å²) in [6, 6.07) is 8.20. The van der Waals surface area contributed by atoms with Gasteiger partial charge in [0.05, 0.1) is 18.5 Å². The summed E-state index contributed by atoms with van der Waals surface area (Å²) in [7, 11) is 0. The predicted molar refractivity (Wildman–Crippen MR) is 175 cm³/mol. The van der Waals surface area contributed by atoms with Crippen LogP contribution in [0.3, 0.4) is 0 Å². The lowest BCUT2D eigenvalue weighted by Gasteiger charge is -2.44. The zero-order chi connectivity index (χ0) is 46.4. The van der Waals surface area contributed by atoms with E-state index in [-0.39, 0.29) is 6.10 Å². The standard InChI is InChI=1S/C24BF20.C14H17N2O/c26-5-1(6(27)14(35)21(42)13(5)34)25(2-7(28)15(36)22(43)16(37)8(2)29,3-9(30)17(38)23(44)18(39)10(3)31)4-11(32)19(40)24(45)20(41)12(4)33;1-12(2)17-14-5-3-13(4-6-14)11-16-9-7-15-8-10-16/h;3-10,12H,11H2,1-2H3/q-1;+1. The Kier molecular flexibility index (Phi) is 13.2. The van der Waals surface area contributed by atoms with Crippen LogP contribution in [0.25, 0.3) is 0 Å². The van der Waals surface area contributed by atoms with Crippen LogP contribution in [0.15, 0.2) is 49.1 Å². The van der Waals surface area contributed by atoms with Crippen molar-refractivity contribution in [3.05, 3.63) is 171 Å². The summed E-state index contributed by atoms with van der Waals surface area (Å²) in [4.78, 5) is 3.99. The zero-order valence-electron chi connectivity index (χ0n) is 30.3. The highest BCUT2D eigenvalue weighted by atomic mass is 19.2. The first-order valence-corrected chi connectivity index (χ1v) is 16.7. The van der Waals surface area contributed by atoms with Crippen molar-refractivity contribution in [1.82, 2.24) is 4.98 Å². The summed E-state index contributed by atoms with van der Waals surface area (Å²) in [5.41, 5.74) is -13.1. The number of hydrogen-bond acceptors (Lipinski definition) is 2. The maximum absolute atomic E-state index is 15.4. The summed E-state index contributed by atoms with van der Waals surface area (Å²) < 4.78 is 302. The predicted octanol–water partition coefficient (Wildman–Crippen LogP) is 8.05. The first-order valence-electron chi connectivity index (χ1n) is 16.7. The minimum Gasteiger partial charge on any atom is -0.491 e. The van der Waals surface area contributed by atoms with Gasteiger partial charge in [0.25, 0.3) is 0 Å². The van der Waals surface area contributed by atoms with Crippen LogP contribution in [0, 0.1) is 116 Å². The Hall–Kier alpha value is -6.36. The van der Waals surface area contributed by atoms with Gasteiger partial charge >= 0.3 is 0 Å². The highest BCUT2D eigenvalue weighted by molar-refractivity contribution is 7.20. The Morgan fingerprint density at radius 3 is 0.887 bits per heavy atom. The molecule has 62 heavy (non-hydrogen) atoms. The van der Waals surface area contributed by atoms with E-state index in [1.165, 1.54) is 5.56 Å². The van der Waals surface area contributed by atoms with Crippen LogP contribution in [0.4, 0.5) is 87.8 Å². The molecule has 0 aliphatic carbocycles. The molecule has 6 rings (SSSR count). The van der Waals surface area contributed by atoms with E-state index in [0.717, 1.165) is 12.3 Å². The second kappa shape index (κ2) is 17.6. The van der Waals surface area contributed by atoms with E-state index in [0.29, 0.717) is 0 Å². The molecule has 0 fully saturated rings. The smallest absolute Gasteiger partial charge is 0.200 e. The van der Waals surface area contributed by atoms with Gasteiger partial charge in [-0.15, -0.1) is 21.9 Å². The first kappa shape index (κ1) is 46.7. The van der Waals surface area contributed by atoms with Crippen molar-refractivity contribution >= 4 is 28.0 Å². The quantitative estimate of drug-likeness (QED) is 0.0509. The fourth-order valence-corrected chi connectivity index (χ4v) is 6.48. The Balaban J connectivity index is 0.000000355. The molecule has 0 spiro atoms. The van der Waals surface area contributed by atoms with Gasteiger partial charge in [0.15, 0.2) is 88.7 Å². The minimum absolute atomic E-state index is 0.218. The number of ether oxygens (including phenoxy) is 1. The van der Waals surface area contributed by atoms with Gasteiger partial charge in [-0.05, 0) is 38.1 Å². The van der Waals surface area contributed by atoms with E-state index in [1.54, 1.807) is 12.4 Å². The number of rotatable bonds is 8. The lowest BCUT2D eigenvalue weighted by Crippen LogP contribution is -2.81. The fraction of sp³-hybridized carbons (Fsp3) is 0.105. The maximum atomic E-state index is 15.4. The molecule has 0 aliphatic rings. The van der Waals surface area contributed by atoms with Crippen molar-refractivity contribution in [3.63, 3.8) is 0 Å². The second-order valence-corrected chi connectivity index (χ2v) is 13.0. The Labute approximate surface area is 333 Å². The Bertz CT molecular complexity index is 2340. The van der Waals surface area contributed by atoms with Crippen molar-refractivity contribution < 1.29 is 97.1 Å². The summed E-state index contributed by atoms with van der Waals surface area (Å²) in [5, 5.41) is 0. The van der Waals surface area contributed by atoms with Gasteiger partial charge < -0.3 is 4.74 Å². The van der Waals surface area contributed by atoms with Crippen molar-refractivity contribution in [2.24, 2.45) is 0 Å². The summed E-state index contributed by atoms with van der Waals surface area (Å²) in [6.45, 7) is 4.91. The molecule has 0 amide bonds. The number of nitrogens with zero attached hydrogens (tertiary/aromatic N) is 2. The number of aromatic nitrogens is 2. The SMILES string of the molecule is CC(C)Oc1ccc(C[n+]2ccncc2)cc1.Fc1c(F)c(F)c([B-](c2c(F)c(F)c(F)c(F)c2F)(c2c(F)c(F)c(F)c(F)c2F)c2c(F)c(F)c(F)c(F)c2F)c(F)c1F. The maximum Gasteiger partial charge on any atom is 0.200 e. The van der Waals surface area contributed by atoms with E-state index >= 15 is 35.1 Å². The molecule has 0 aliphatic heterocycles. The molecule has 0 bridgehead atoms. The second-order valence-electron chi connectivity index (χ2n) is 13.0. The van der Waals surface area contributed by atoms with E-state index < -0.39 is 144 Å². The molecule has 6 aromatic rings. The normalized spacial score (nSPS) is 11.6. The number of benzene rings is 5. The van der Waals surface area contributed by atoms with Crippen LogP contribution in [-0.4, -0.2) is 17.2 Å². The zero-order valence-corrected chi connectivity index (χ0v) is 30.3. The van der Waals surface area contributed by atoms with E-state index in [1.807, 2.05) is 38.4 Å². The largest absolute Gasteiger partial charge is 0.491 e. The molecule has 0 atom stereocenters. The molecule has 5 aromatic carbocycles. The molecule has 0 unspecified atom stereocenters. The molecule has 24 heteroatoms. The monoisotopic (exact) mass is 908 g/mol. The van der Waals surface area contributed by atoms with Crippen LogP contribution < -0.4 is 31.2 Å². The van der Waals surface area contributed by atoms with Crippen LogP contribution in [0.1, 0.15) is 19.4 Å². The van der Waals surface area contributed by atoms with Gasteiger partial charge in [-0.2, -0.15) is 4.57 Å². The van der Waals surface area contributed by atoms with E-state index in [4.69, 9.17) is 4.74 Å².